The molecule has 0 aliphatic rings. The van der Waals surface area contributed by atoms with E-state index in [1.807, 2.05) is 0 Å². The van der Waals surface area contributed by atoms with Crippen molar-refractivity contribution in [2.24, 2.45) is 0 Å². The van der Waals surface area contributed by atoms with Gasteiger partial charge in [-0.15, -0.1) is 0 Å². The van der Waals surface area contributed by atoms with Gasteiger partial charge < -0.3 is 43.4 Å². The molecule has 19 heteroatoms. The topological polar surface area (TPSA) is 237 Å². The van der Waals surface area contributed by atoms with E-state index < -0.39 is 66.4 Å². The van der Waals surface area contributed by atoms with Crippen molar-refractivity contribution in [1.29, 1.82) is 0 Å². The van der Waals surface area contributed by atoms with Crippen LogP contribution in [0.3, 0.4) is 0 Å². The first-order valence-corrected chi connectivity index (χ1v) is 42.8. The predicted octanol–water partition coefficient (Wildman–Crippen LogP) is 22.2. The molecule has 0 heterocycles. The zero-order valence-corrected chi connectivity index (χ0v) is 64.1. The fourth-order valence-electron chi connectivity index (χ4n) is 11.2. The Hall–Kier alpha value is -2.66. The maximum atomic E-state index is 13.1. The molecule has 0 radical (unpaired) electrons. The average Bonchev–Trinajstić information content (AvgIpc) is 1.11. The Morgan fingerprint density at radius 1 is 0.337 bits per heavy atom. The number of unbranched alkanes of at least 4 members (excludes halogenated alkanes) is 44. The maximum Gasteiger partial charge on any atom is 0.472 e. The minimum absolute atomic E-state index is 0.0646. The van der Waals surface area contributed by atoms with Crippen molar-refractivity contribution < 1.29 is 80.2 Å². The van der Waals surface area contributed by atoms with Gasteiger partial charge in [-0.25, -0.2) is 9.13 Å². The van der Waals surface area contributed by atoms with Gasteiger partial charge in [0.25, 0.3) is 0 Å². The van der Waals surface area contributed by atoms with Gasteiger partial charge in [0.15, 0.2) is 0 Å². The van der Waals surface area contributed by atoms with Crippen LogP contribution >= 0.6 is 15.6 Å². The monoisotopic (exact) mass is 1430 g/mol. The second-order valence-electron chi connectivity index (χ2n) is 26.9. The van der Waals surface area contributed by atoms with Gasteiger partial charge in [-0.3, -0.25) is 27.7 Å². The van der Waals surface area contributed by atoms with Gasteiger partial charge in [-0.05, 0) is 122 Å². The van der Waals surface area contributed by atoms with E-state index in [-0.39, 0.29) is 32.0 Å². The van der Waals surface area contributed by atoms with Crippen LogP contribution in [-0.4, -0.2) is 111 Å². The lowest BCUT2D eigenvalue weighted by molar-refractivity contribution is -0.154. The van der Waals surface area contributed by atoms with Crippen LogP contribution < -0.4 is 0 Å². The molecule has 0 spiro atoms. The summed E-state index contributed by atoms with van der Waals surface area (Å²) in [5, 5.41) is 10.6. The lowest BCUT2D eigenvalue weighted by atomic mass is 10.0. The van der Waals surface area contributed by atoms with Gasteiger partial charge in [0.2, 0.25) is 0 Å². The number of phosphoric ester groups is 2. The first kappa shape index (κ1) is 95.3. The van der Waals surface area contributed by atoms with Crippen LogP contribution in [0, 0.1) is 0 Å². The van der Waals surface area contributed by atoms with Gasteiger partial charge in [0, 0.05) is 38.9 Å². The van der Waals surface area contributed by atoms with Crippen molar-refractivity contribution >= 4 is 40.2 Å². The standard InChI is InChI=1S/C79H146O17P2/c1-3-5-7-9-11-13-15-17-22-28-34-40-46-52-58-64-79(84)96-77(71-89-67-61-55-49-43-37-31-25-20-18-23-29-35-41-47-53-59-65-80)74-95-98(87,88)93-70-75(82)69-92-97(85,86)94-73-76(72-91-78(83)63-57-51-45-39-33-27-16-14-12-10-8-6-4-2)90-68-62-56-50-44-38-32-26-21-19-24-30-36-42-48-54-60-66-81/h11,13,17-19,22-24,65-66,75-77,82H,3-10,12,14-16,20-21,25-64,67-74H2,1-2H3,(H,85,86)(H,87,88)/b13-11-,22-17-,23-18-,24-19-/t75-,76+,77+/m0/s1. The minimum Gasteiger partial charge on any atom is -0.463 e. The summed E-state index contributed by atoms with van der Waals surface area (Å²) in [7, 11) is -9.67. The van der Waals surface area contributed by atoms with E-state index in [0.29, 0.717) is 38.9 Å². The summed E-state index contributed by atoms with van der Waals surface area (Å²) >= 11 is 0. The summed E-state index contributed by atoms with van der Waals surface area (Å²) in [4.78, 5) is 68.0. The number of rotatable bonds is 80. The minimum atomic E-state index is -4.85. The molecule has 0 saturated carbocycles. The quantitative estimate of drug-likeness (QED) is 0.0169. The zero-order chi connectivity index (χ0) is 71.5. The van der Waals surface area contributed by atoms with Crippen LogP contribution in [0.25, 0.3) is 0 Å². The fraction of sp³-hybridized carbons (Fsp3) is 0.848. The van der Waals surface area contributed by atoms with Crippen molar-refractivity contribution in [3.8, 4) is 0 Å². The summed E-state index contributed by atoms with van der Waals surface area (Å²) in [6.07, 6.45) is 73.5. The van der Waals surface area contributed by atoms with E-state index in [9.17, 15) is 43.2 Å². The van der Waals surface area contributed by atoms with Crippen molar-refractivity contribution in [2.45, 2.75) is 379 Å². The van der Waals surface area contributed by atoms with Gasteiger partial charge in [0.1, 0.15) is 37.5 Å². The molecular formula is C79H146O17P2. The van der Waals surface area contributed by atoms with E-state index in [4.69, 9.17) is 37.0 Å². The van der Waals surface area contributed by atoms with E-state index in [1.54, 1.807) is 0 Å². The predicted molar refractivity (Wildman–Crippen MR) is 400 cm³/mol. The molecule has 0 aromatic carbocycles. The molecule has 574 valence electrons. The third-order valence-corrected chi connectivity index (χ3v) is 19.2. The van der Waals surface area contributed by atoms with Crippen LogP contribution in [-0.2, 0) is 65.4 Å². The van der Waals surface area contributed by atoms with E-state index in [1.165, 1.54) is 128 Å². The Morgan fingerprint density at radius 2 is 0.643 bits per heavy atom. The normalized spacial score (nSPS) is 14.2. The average molecular weight is 1430 g/mol. The molecule has 2 unspecified atom stereocenters. The lowest BCUT2D eigenvalue weighted by Gasteiger charge is -2.21. The highest BCUT2D eigenvalue weighted by atomic mass is 31.2. The molecule has 98 heavy (non-hydrogen) atoms. The number of hydrogen-bond donors (Lipinski definition) is 3. The Labute approximate surface area is 597 Å². The Balaban J connectivity index is 5.18. The molecule has 0 aliphatic heterocycles. The first-order chi connectivity index (χ1) is 47.9. The van der Waals surface area contributed by atoms with Crippen LogP contribution in [0.5, 0.6) is 0 Å². The van der Waals surface area contributed by atoms with Crippen molar-refractivity contribution in [3.63, 3.8) is 0 Å². The number of allylic oxidation sites excluding steroid dienone is 8. The van der Waals surface area contributed by atoms with E-state index in [0.717, 1.165) is 192 Å². The molecule has 3 N–H and O–H groups in total. The van der Waals surface area contributed by atoms with Crippen molar-refractivity contribution in [1.82, 2.24) is 0 Å². The number of aliphatic hydroxyl groups is 1. The molecule has 0 aromatic heterocycles. The second-order valence-corrected chi connectivity index (χ2v) is 29.8. The Bertz CT molecular complexity index is 1980. The van der Waals surface area contributed by atoms with Crippen LogP contribution in [0.15, 0.2) is 48.6 Å². The molecule has 0 bridgehead atoms. The van der Waals surface area contributed by atoms with Crippen LogP contribution in [0.1, 0.15) is 361 Å². The second kappa shape index (κ2) is 75.5. The summed E-state index contributed by atoms with van der Waals surface area (Å²) < 4.78 is 70.0. The number of phosphoric acid groups is 2. The van der Waals surface area contributed by atoms with Gasteiger partial charge >= 0.3 is 27.6 Å². The number of aliphatic hydroxyl groups excluding tert-OH is 1. The molecule has 0 aromatic rings. The third-order valence-electron chi connectivity index (χ3n) is 17.3. The SMILES string of the molecule is CCCCC/C=C\C/C=C\CCCCCCCC(=O)O[C@H](COCCCCCCCCC/C=C\CCCCCCC=O)COP(=O)(O)OC[C@@H](O)COP(=O)(O)OC[C@@H](COC(=O)CCCCCCCCCCCCCCC)OCCCCCCCCC/C=C\CCCCCCC=O. The summed E-state index contributed by atoms with van der Waals surface area (Å²) in [6, 6.07) is 0. The number of carbonyl (C=O) groups excluding carboxylic acids is 4. The highest BCUT2D eigenvalue weighted by Crippen LogP contribution is 2.45. The largest absolute Gasteiger partial charge is 0.472 e. The lowest BCUT2D eigenvalue weighted by Crippen LogP contribution is -2.29. The van der Waals surface area contributed by atoms with E-state index in [2.05, 4.69) is 62.5 Å². The number of ether oxygens (including phenoxy) is 4. The maximum absolute atomic E-state index is 13.1. The molecular weight excluding hydrogens is 1280 g/mol. The van der Waals surface area contributed by atoms with Crippen molar-refractivity contribution in [2.75, 3.05) is 52.9 Å². The van der Waals surface area contributed by atoms with Gasteiger partial charge in [0.05, 0.1) is 33.0 Å². The fourth-order valence-corrected chi connectivity index (χ4v) is 12.8. The van der Waals surface area contributed by atoms with Crippen LogP contribution in [0.2, 0.25) is 0 Å². The highest BCUT2D eigenvalue weighted by Gasteiger charge is 2.29. The first-order valence-electron chi connectivity index (χ1n) is 39.8. The van der Waals surface area contributed by atoms with Gasteiger partial charge in [-0.2, -0.15) is 0 Å². The summed E-state index contributed by atoms with van der Waals surface area (Å²) in [6.45, 7) is 2.36. The number of esters is 2. The van der Waals surface area contributed by atoms with Crippen molar-refractivity contribution in [3.05, 3.63) is 48.6 Å². The number of hydrogen-bond acceptors (Lipinski definition) is 15. The Kier molecular flexibility index (Phi) is 73.4. The molecule has 0 saturated heterocycles. The molecule has 5 atom stereocenters. The third kappa shape index (κ3) is 74.5. The highest BCUT2D eigenvalue weighted by molar-refractivity contribution is 7.47. The molecule has 0 aliphatic carbocycles. The van der Waals surface area contributed by atoms with Crippen LogP contribution in [0.4, 0.5) is 0 Å². The zero-order valence-electron chi connectivity index (χ0n) is 62.3. The molecule has 0 fully saturated rings. The Morgan fingerprint density at radius 3 is 1.05 bits per heavy atom. The number of aldehydes is 2. The van der Waals surface area contributed by atoms with Gasteiger partial charge in [-0.1, -0.05) is 262 Å². The van der Waals surface area contributed by atoms with E-state index >= 15 is 0 Å². The molecule has 0 amide bonds. The smallest absolute Gasteiger partial charge is 0.463 e. The molecule has 17 nitrogen and oxygen atoms in total. The molecule has 0 rings (SSSR count). The summed E-state index contributed by atoms with van der Waals surface area (Å²) in [5.74, 6) is -0.852. The summed E-state index contributed by atoms with van der Waals surface area (Å²) in [5.41, 5.74) is 0. The number of carbonyl (C=O) groups is 4.